The van der Waals surface area contributed by atoms with Crippen molar-refractivity contribution >= 4 is 5.57 Å². The van der Waals surface area contributed by atoms with Crippen LogP contribution in [-0.4, -0.2) is 0 Å². The zero-order valence-corrected chi connectivity index (χ0v) is 21.5. The molecule has 174 valence electrons. The van der Waals surface area contributed by atoms with E-state index in [4.69, 9.17) is 0 Å². The van der Waals surface area contributed by atoms with Crippen LogP contribution in [0.15, 0.2) is 110 Å². The van der Waals surface area contributed by atoms with Crippen LogP contribution >= 0.6 is 0 Å². The van der Waals surface area contributed by atoms with Gasteiger partial charge in [-0.2, -0.15) is 0 Å². The maximum Gasteiger partial charge on any atom is 0.0719 e. The molecule has 0 aliphatic heterocycles. The molecule has 4 aromatic carbocycles. The lowest BCUT2D eigenvalue weighted by atomic mass is 9.55. The van der Waals surface area contributed by atoms with Crippen molar-refractivity contribution in [3.05, 3.63) is 149 Å². The van der Waals surface area contributed by atoms with Crippen molar-refractivity contribution < 1.29 is 0 Å². The molecule has 0 bridgehead atoms. The molecule has 1 spiro atoms. The van der Waals surface area contributed by atoms with Crippen molar-refractivity contribution in [2.24, 2.45) is 0 Å². The SMILES string of the molecule is C=C/C(=C\C)c1cccc2c1-c1ccccc1C21c2ccccc2C(C)(C)c2ccccc21.CC. The fraction of sp³-hybridized carbons (Fsp3) is 0.200. The van der Waals surface area contributed by atoms with Gasteiger partial charge < -0.3 is 0 Å². The molecule has 0 radical (unpaired) electrons. The van der Waals surface area contributed by atoms with Gasteiger partial charge in [-0.15, -0.1) is 0 Å². The van der Waals surface area contributed by atoms with Crippen molar-refractivity contribution in [2.45, 2.75) is 45.4 Å². The van der Waals surface area contributed by atoms with Gasteiger partial charge >= 0.3 is 0 Å². The van der Waals surface area contributed by atoms with E-state index < -0.39 is 0 Å². The average molecular weight is 455 g/mol. The summed E-state index contributed by atoms with van der Waals surface area (Å²) in [5, 5.41) is 0. The fourth-order valence-corrected chi connectivity index (χ4v) is 6.53. The van der Waals surface area contributed by atoms with E-state index in [-0.39, 0.29) is 10.8 Å². The average Bonchev–Trinajstić information content (AvgIpc) is 3.21. The van der Waals surface area contributed by atoms with E-state index in [1.165, 1.54) is 55.6 Å². The molecule has 0 fully saturated rings. The smallest absolute Gasteiger partial charge is 0.0719 e. The fourth-order valence-electron chi connectivity index (χ4n) is 6.53. The molecule has 4 aromatic rings. The van der Waals surface area contributed by atoms with E-state index in [0.717, 1.165) is 0 Å². The summed E-state index contributed by atoms with van der Waals surface area (Å²) in [6.45, 7) is 14.9. The van der Waals surface area contributed by atoms with E-state index in [1.807, 2.05) is 19.9 Å². The van der Waals surface area contributed by atoms with Crippen LogP contribution in [-0.2, 0) is 10.8 Å². The van der Waals surface area contributed by atoms with Crippen LogP contribution in [0.25, 0.3) is 16.7 Å². The first kappa shape index (κ1) is 23.1. The number of fused-ring (bicyclic) bond motifs is 9. The Kier molecular flexibility index (Phi) is 5.64. The molecule has 0 nitrogen and oxygen atoms in total. The summed E-state index contributed by atoms with van der Waals surface area (Å²) < 4.78 is 0. The highest BCUT2D eigenvalue weighted by Gasteiger charge is 2.53. The Morgan fingerprint density at radius 2 is 1.11 bits per heavy atom. The van der Waals surface area contributed by atoms with Crippen LogP contribution < -0.4 is 0 Å². The first-order chi connectivity index (χ1) is 17.1. The zero-order chi connectivity index (χ0) is 24.8. The number of hydrogen-bond acceptors (Lipinski definition) is 0. The summed E-state index contributed by atoms with van der Waals surface area (Å²) in [7, 11) is 0. The Balaban J connectivity index is 0.00000124. The van der Waals surface area contributed by atoms with Crippen molar-refractivity contribution in [3.63, 3.8) is 0 Å². The minimum Gasteiger partial charge on any atom is -0.0985 e. The van der Waals surface area contributed by atoms with Crippen LogP contribution in [0.2, 0.25) is 0 Å². The second kappa shape index (κ2) is 8.54. The molecule has 2 aliphatic carbocycles. The third-order valence-electron chi connectivity index (χ3n) is 7.92. The van der Waals surface area contributed by atoms with E-state index in [1.54, 1.807) is 0 Å². The Morgan fingerprint density at radius 3 is 1.66 bits per heavy atom. The Morgan fingerprint density at radius 1 is 0.629 bits per heavy atom. The summed E-state index contributed by atoms with van der Waals surface area (Å²) in [5.41, 5.74) is 13.1. The van der Waals surface area contributed by atoms with Gasteiger partial charge in [-0.05, 0) is 62.6 Å². The molecular weight excluding hydrogens is 420 g/mol. The maximum absolute atomic E-state index is 4.12. The summed E-state index contributed by atoms with van der Waals surface area (Å²) in [4.78, 5) is 0. The van der Waals surface area contributed by atoms with E-state index in [9.17, 15) is 0 Å². The van der Waals surface area contributed by atoms with Crippen molar-refractivity contribution in [1.82, 2.24) is 0 Å². The molecule has 0 amide bonds. The maximum atomic E-state index is 4.12. The first-order valence-electron chi connectivity index (χ1n) is 12.8. The van der Waals surface area contributed by atoms with Crippen LogP contribution in [0.1, 0.15) is 73.6 Å². The summed E-state index contributed by atoms with van der Waals surface area (Å²) in [6, 6.07) is 34.0. The third kappa shape index (κ3) is 2.93. The number of hydrogen-bond donors (Lipinski definition) is 0. The van der Waals surface area contributed by atoms with Crippen molar-refractivity contribution in [1.29, 1.82) is 0 Å². The monoisotopic (exact) mass is 454 g/mol. The van der Waals surface area contributed by atoms with E-state index in [2.05, 4.69) is 124 Å². The predicted octanol–water partition coefficient (Wildman–Crippen LogP) is 9.30. The highest BCUT2D eigenvalue weighted by molar-refractivity contribution is 5.95. The van der Waals surface area contributed by atoms with Crippen LogP contribution in [0.4, 0.5) is 0 Å². The minimum atomic E-state index is -0.329. The first-order valence-corrected chi connectivity index (χ1v) is 12.8. The molecule has 6 rings (SSSR count). The molecule has 0 unspecified atom stereocenters. The van der Waals surface area contributed by atoms with E-state index in [0.29, 0.717) is 0 Å². The summed E-state index contributed by atoms with van der Waals surface area (Å²) in [6.07, 6.45) is 4.15. The lowest BCUT2D eigenvalue weighted by Gasteiger charge is -2.46. The highest BCUT2D eigenvalue weighted by atomic mass is 14.5. The molecule has 0 saturated carbocycles. The lowest BCUT2D eigenvalue weighted by Crippen LogP contribution is -2.40. The largest absolute Gasteiger partial charge is 0.0985 e. The molecule has 0 N–H and O–H groups in total. The molecule has 2 aliphatic rings. The zero-order valence-electron chi connectivity index (χ0n) is 21.5. The quantitative estimate of drug-likeness (QED) is 0.233. The van der Waals surface area contributed by atoms with Crippen LogP contribution in [0.5, 0.6) is 0 Å². The van der Waals surface area contributed by atoms with Crippen LogP contribution in [0.3, 0.4) is 0 Å². The Hall–Kier alpha value is -3.64. The van der Waals surface area contributed by atoms with E-state index >= 15 is 0 Å². The van der Waals surface area contributed by atoms with Gasteiger partial charge in [0, 0.05) is 5.41 Å². The molecule has 0 saturated heterocycles. The normalized spacial score (nSPS) is 15.7. The van der Waals surface area contributed by atoms with Crippen LogP contribution in [0, 0.1) is 0 Å². The number of benzene rings is 4. The Labute approximate surface area is 210 Å². The molecule has 0 heteroatoms. The number of allylic oxidation sites excluding steroid dienone is 3. The second-order valence-electron chi connectivity index (χ2n) is 9.69. The lowest BCUT2D eigenvalue weighted by molar-refractivity contribution is 0.563. The molecule has 35 heavy (non-hydrogen) atoms. The van der Waals surface area contributed by atoms with Gasteiger partial charge in [-0.3, -0.25) is 0 Å². The predicted molar refractivity (Wildman–Crippen MR) is 151 cm³/mol. The molecule has 0 atom stereocenters. The minimum absolute atomic E-state index is 0.0661. The van der Waals surface area contributed by atoms with Gasteiger partial charge in [0.15, 0.2) is 0 Å². The van der Waals surface area contributed by atoms with Gasteiger partial charge in [-0.25, -0.2) is 0 Å². The highest BCUT2D eigenvalue weighted by Crippen LogP contribution is 2.62. The van der Waals surface area contributed by atoms with Gasteiger partial charge in [0.1, 0.15) is 0 Å². The molecular formula is C35H34. The third-order valence-corrected chi connectivity index (χ3v) is 7.92. The Bertz CT molecular complexity index is 1410. The van der Waals surface area contributed by atoms with Gasteiger partial charge in [0.05, 0.1) is 5.41 Å². The number of rotatable bonds is 2. The summed E-state index contributed by atoms with van der Waals surface area (Å²) >= 11 is 0. The van der Waals surface area contributed by atoms with Crippen molar-refractivity contribution in [2.75, 3.05) is 0 Å². The van der Waals surface area contributed by atoms with Gasteiger partial charge in [0.25, 0.3) is 0 Å². The summed E-state index contributed by atoms with van der Waals surface area (Å²) in [5.74, 6) is 0. The van der Waals surface area contributed by atoms with Gasteiger partial charge in [0.2, 0.25) is 0 Å². The van der Waals surface area contributed by atoms with Gasteiger partial charge in [-0.1, -0.05) is 137 Å². The van der Waals surface area contributed by atoms with Crippen molar-refractivity contribution in [3.8, 4) is 11.1 Å². The standard InChI is InChI=1S/C33H28.C2H6/c1-5-22(6-2)23-15-13-21-30-31(23)24-14-7-8-16-25(24)33(30)28-19-11-9-17-26(28)32(3,4)27-18-10-12-20-29(27)33;1-2/h5-21H,1H2,2-4H3;1-2H3/b22-6+;. The second-order valence-corrected chi connectivity index (χ2v) is 9.69. The molecule has 0 heterocycles. The molecule has 0 aromatic heterocycles. The topological polar surface area (TPSA) is 0 Å².